The lowest BCUT2D eigenvalue weighted by Gasteiger charge is -1.99. The Bertz CT molecular complexity index is 178. The van der Waals surface area contributed by atoms with Gasteiger partial charge in [0.15, 0.2) is 9.84 Å². The van der Waals surface area contributed by atoms with Crippen molar-refractivity contribution in [1.82, 2.24) is 0 Å². The Labute approximate surface area is 50.1 Å². The maximum Gasteiger partial charge on any atom is 0.158 e. The fraction of sp³-hybridized carbons (Fsp3) is 1.00. The molecule has 0 aromatic rings. The van der Waals surface area contributed by atoms with Gasteiger partial charge >= 0.3 is 0 Å². The summed E-state index contributed by atoms with van der Waals surface area (Å²) in [4.78, 5) is 0. The summed E-state index contributed by atoms with van der Waals surface area (Å²) in [5.41, 5.74) is 0. The largest absolute Gasteiger partial charge is 0.772 e. The minimum Gasteiger partial charge on any atom is -0.772 e. The lowest BCUT2D eigenvalue weighted by Crippen LogP contribution is -2.07. The average molecular weight is 157 g/mol. The fourth-order valence-electron chi connectivity index (χ4n) is 0.175. The normalized spacial score (nSPS) is 15.8. The molecule has 6 heteroatoms. The van der Waals surface area contributed by atoms with Gasteiger partial charge in [0.25, 0.3) is 0 Å². The molecule has 8 heavy (non-hydrogen) atoms. The van der Waals surface area contributed by atoms with Crippen molar-refractivity contribution in [1.29, 1.82) is 0 Å². The van der Waals surface area contributed by atoms with Gasteiger partial charge in [0.2, 0.25) is 0 Å². The average Bonchev–Trinajstić information content (AvgIpc) is 1.21. The third kappa shape index (κ3) is 6.06. The van der Waals surface area contributed by atoms with Crippen LogP contribution in [0.2, 0.25) is 0 Å². The van der Waals surface area contributed by atoms with Gasteiger partial charge in [0, 0.05) is 6.26 Å². The molecule has 0 aromatic heterocycles. The van der Waals surface area contributed by atoms with Gasteiger partial charge in [-0.3, -0.25) is 4.21 Å². The lowest BCUT2D eigenvalue weighted by atomic mass is 11.9. The van der Waals surface area contributed by atoms with Crippen LogP contribution in [0.5, 0.6) is 0 Å². The minimum absolute atomic E-state index is 0.785. The summed E-state index contributed by atoms with van der Waals surface area (Å²) in [5.74, 6) is 0. The van der Waals surface area contributed by atoms with Crippen LogP contribution in [-0.2, 0) is 20.9 Å². The molecule has 0 saturated heterocycles. The summed E-state index contributed by atoms with van der Waals surface area (Å²) in [7, 11) is -3.34. The van der Waals surface area contributed by atoms with Crippen molar-refractivity contribution in [3.63, 3.8) is 0 Å². The third-order valence-corrected chi connectivity index (χ3v) is 2.79. The van der Waals surface area contributed by atoms with Crippen molar-refractivity contribution in [2.24, 2.45) is 0 Å². The van der Waals surface area contributed by atoms with Gasteiger partial charge in [-0.15, -0.1) is 0 Å². The number of rotatable bonds is 2. The highest BCUT2D eigenvalue weighted by atomic mass is 32.3. The van der Waals surface area contributed by atoms with Gasteiger partial charge in [-0.05, 0) is 11.1 Å². The van der Waals surface area contributed by atoms with E-state index < -0.39 is 26.0 Å². The molecule has 0 aromatic carbocycles. The predicted molar refractivity (Wildman–Crippen MR) is 28.6 cm³/mol. The first-order chi connectivity index (χ1) is 3.42. The van der Waals surface area contributed by atoms with E-state index in [1.807, 2.05) is 0 Å². The quantitative estimate of drug-likeness (QED) is 0.475. The summed E-state index contributed by atoms with van der Waals surface area (Å²) < 4.78 is 39.4. The van der Waals surface area contributed by atoms with Gasteiger partial charge < -0.3 is 4.55 Å². The van der Waals surface area contributed by atoms with E-state index in [1.54, 1.807) is 0 Å². The molecule has 0 fully saturated rings. The van der Waals surface area contributed by atoms with Gasteiger partial charge in [-0.2, -0.15) is 0 Å². The Hall–Kier alpha value is 0.0600. The second-order valence-corrected chi connectivity index (χ2v) is 4.75. The van der Waals surface area contributed by atoms with Crippen molar-refractivity contribution >= 4 is 20.9 Å². The van der Waals surface area contributed by atoms with Crippen LogP contribution in [0.3, 0.4) is 0 Å². The highest BCUT2D eigenvalue weighted by Gasteiger charge is 1.98. The third-order valence-electron chi connectivity index (χ3n) is 0.310. The lowest BCUT2D eigenvalue weighted by molar-refractivity contribution is 0.540. The molecule has 0 aliphatic carbocycles. The number of hydrogen-bond donors (Lipinski definition) is 0. The molecule has 0 rings (SSSR count). The summed E-state index contributed by atoms with van der Waals surface area (Å²) in [5, 5.41) is -0.785. The smallest absolute Gasteiger partial charge is 0.158 e. The van der Waals surface area contributed by atoms with E-state index in [1.165, 1.54) is 0 Å². The summed E-state index contributed by atoms with van der Waals surface area (Å²) in [6.45, 7) is 0. The van der Waals surface area contributed by atoms with E-state index in [-0.39, 0.29) is 0 Å². The van der Waals surface area contributed by atoms with E-state index in [9.17, 15) is 17.2 Å². The summed E-state index contributed by atoms with van der Waals surface area (Å²) >= 11 is -2.47. The zero-order valence-corrected chi connectivity index (χ0v) is 5.79. The molecule has 0 heterocycles. The Morgan fingerprint density at radius 1 is 1.62 bits per heavy atom. The predicted octanol–water partition coefficient (Wildman–Crippen LogP) is -1.13. The van der Waals surface area contributed by atoms with E-state index in [2.05, 4.69) is 0 Å². The zero-order valence-electron chi connectivity index (χ0n) is 4.16. The van der Waals surface area contributed by atoms with Gasteiger partial charge in [-0.25, -0.2) is 8.42 Å². The van der Waals surface area contributed by atoms with Gasteiger partial charge in [0.05, 0.1) is 0 Å². The second-order valence-electron chi connectivity index (χ2n) is 1.35. The molecule has 0 aliphatic rings. The molecule has 0 bridgehead atoms. The molecule has 0 amide bonds. The highest BCUT2D eigenvalue weighted by Crippen LogP contribution is 1.83. The minimum atomic E-state index is -3.34. The topological polar surface area (TPSA) is 74.3 Å². The second kappa shape index (κ2) is 2.56. The van der Waals surface area contributed by atoms with E-state index in [4.69, 9.17) is 0 Å². The van der Waals surface area contributed by atoms with Crippen LogP contribution in [0.4, 0.5) is 0 Å². The molecule has 50 valence electrons. The Morgan fingerprint density at radius 2 is 2.00 bits per heavy atom. The standard InChI is InChI=1S/C2H6O4S2/c1-8(5,6)2-7(3)4/h2H2,1H3,(H,3,4)/p-1. The molecular weight excluding hydrogens is 152 g/mol. The van der Waals surface area contributed by atoms with E-state index >= 15 is 0 Å². The molecule has 4 nitrogen and oxygen atoms in total. The number of hydrogen-bond acceptors (Lipinski definition) is 4. The van der Waals surface area contributed by atoms with Crippen LogP contribution in [0.15, 0.2) is 0 Å². The fourth-order valence-corrected chi connectivity index (χ4v) is 1.57. The first kappa shape index (κ1) is 8.06. The molecule has 0 saturated carbocycles. The molecular formula is C2H5O4S2-. The Kier molecular flexibility index (Phi) is 2.58. The van der Waals surface area contributed by atoms with Crippen molar-refractivity contribution in [3.05, 3.63) is 0 Å². The molecule has 1 atom stereocenters. The molecule has 0 aliphatic heterocycles. The highest BCUT2D eigenvalue weighted by molar-refractivity contribution is 8.02. The maximum atomic E-state index is 10.0. The van der Waals surface area contributed by atoms with Crippen molar-refractivity contribution in [3.8, 4) is 0 Å². The van der Waals surface area contributed by atoms with Gasteiger partial charge in [-0.1, -0.05) is 0 Å². The number of sulfone groups is 1. The summed E-state index contributed by atoms with van der Waals surface area (Å²) in [6, 6.07) is 0. The Balaban J connectivity index is 3.95. The van der Waals surface area contributed by atoms with E-state index in [0.29, 0.717) is 0 Å². The van der Waals surface area contributed by atoms with Crippen LogP contribution in [-0.4, -0.2) is 28.5 Å². The molecule has 0 spiro atoms. The van der Waals surface area contributed by atoms with Crippen molar-refractivity contribution in [2.75, 3.05) is 11.3 Å². The van der Waals surface area contributed by atoms with E-state index in [0.717, 1.165) is 6.26 Å². The first-order valence-electron chi connectivity index (χ1n) is 1.65. The Morgan fingerprint density at radius 3 is 2.00 bits per heavy atom. The SMILES string of the molecule is CS(=O)(=O)CS(=O)[O-]. The van der Waals surface area contributed by atoms with Crippen LogP contribution in [0.1, 0.15) is 0 Å². The van der Waals surface area contributed by atoms with Crippen LogP contribution >= 0.6 is 0 Å². The first-order valence-corrected chi connectivity index (χ1v) is 4.96. The summed E-state index contributed by atoms with van der Waals surface area (Å²) in [6.07, 6.45) is 0.864. The van der Waals surface area contributed by atoms with Crippen LogP contribution < -0.4 is 0 Å². The van der Waals surface area contributed by atoms with Gasteiger partial charge in [0.1, 0.15) is 5.08 Å². The van der Waals surface area contributed by atoms with Crippen molar-refractivity contribution < 1.29 is 17.2 Å². The van der Waals surface area contributed by atoms with Crippen LogP contribution in [0, 0.1) is 0 Å². The maximum absolute atomic E-state index is 10.0. The molecule has 1 unspecified atom stereocenters. The van der Waals surface area contributed by atoms with Crippen LogP contribution in [0.25, 0.3) is 0 Å². The van der Waals surface area contributed by atoms with Crippen molar-refractivity contribution in [2.45, 2.75) is 0 Å². The molecule has 0 radical (unpaired) electrons. The zero-order chi connectivity index (χ0) is 6.78. The monoisotopic (exact) mass is 157 g/mol. The molecule has 0 N–H and O–H groups in total.